The van der Waals surface area contributed by atoms with Gasteiger partial charge in [0, 0.05) is 11.1 Å². The molecule has 0 saturated heterocycles. The third-order valence-electron chi connectivity index (χ3n) is 2.45. The van der Waals surface area contributed by atoms with Crippen LogP contribution in [0.2, 0.25) is 0 Å². The van der Waals surface area contributed by atoms with Gasteiger partial charge in [0.1, 0.15) is 0 Å². The van der Waals surface area contributed by atoms with Gasteiger partial charge >= 0.3 is 0 Å². The first kappa shape index (κ1) is 10.3. The Labute approximate surface area is 93.5 Å². The minimum absolute atomic E-state index is 0.426. The molecule has 0 radical (unpaired) electrons. The van der Waals surface area contributed by atoms with Crippen molar-refractivity contribution in [2.75, 3.05) is 0 Å². The normalized spacial score (nSPS) is 9.75. The molecule has 0 N–H and O–H groups in total. The van der Waals surface area contributed by atoms with Crippen molar-refractivity contribution in [2.24, 2.45) is 0 Å². The first-order valence-electron chi connectivity index (χ1n) is 4.95. The monoisotopic (exact) mass is 210 g/mol. The molecule has 0 heterocycles. The molecule has 0 bridgehead atoms. The fraction of sp³-hybridized carbons (Fsp3) is 0. The van der Waals surface area contributed by atoms with E-state index in [9.17, 15) is 9.59 Å². The summed E-state index contributed by atoms with van der Waals surface area (Å²) in [6, 6.07) is 15.0. The summed E-state index contributed by atoms with van der Waals surface area (Å²) in [6.07, 6.45) is 1.40. The molecule has 2 nitrogen and oxygen atoms in total. The minimum Gasteiger partial charge on any atom is -0.298 e. The third kappa shape index (κ3) is 1.91. The van der Waals surface area contributed by atoms with Crippen LogP contribution in [-0.2, 0) is 0 Å². The fourth-order valence-corrected chi connectivity index (χ4v) is 1.59. The predicted octanol–water partition coefficient (Wildman–Crippen LogP) is 2.98. The lowest BCUT2D eigenvalue weighted by atomic mass is 10.0. The van der Waals surface area contributed by atoms with Gasteiger partial charge in [-0.3, -0.25) is 9.59 Å². The number of hydrogen-bond donors (Lipinski definition) is 0. The minimum atomic E-state index is 0.426. The maximum atomic E-state index is 10.8. The van der Waals surface area contributed by atoms with Gasteiger partial charge in [-0.05, 0) is 17.2 Å². The van der Waals surface area contributed by atoms with Gasteiger partial charge in [-0.1, -0.05) is 42.5 Å². The van der Waals surface area contributed by atoms with E-state index in [0.717, 1.165) is 11.1 Å². The molecule has 0 aromatic heterocycles. The average molecular weight is 210 g/mol. The van der Waals surface area contributed by atoms with Crippen molar-refractivity contribution < 1.29 is 9.59 Å². The molecule has 2 rings (SSSR count). The second-order valence-corrected chi connectivity index (χ2v) is 3.45. The summed E-state index contributed by atoms with van der Waals surface area (Å²) in [5.41, 5.74) is 2.82. The zero-order valence-corrected chi connectivity index (χ0v) is 8.59. The molecule has 0 fully saturated rings. The van der Waals surface area contributed by atoms with Crippen LogP contribution >= 0.6 is 0 Å². The fourth-order valence-electron chi connectivity index (χ4n) is 1.59. The van der Waals surface area contributed by atoms with Crippen LogP contribution in [0.25, 0.3) is 11.1 Å². The van der Waals surface area contributed by atoms with Gasteiger partial charge < -0.3 is 0 Å². The Balaban J connectivity index is 2.52. The van der Waals surface area contributed by atoms with Crippen LogP contribution in [0.4, 0.5) is 0 Å². The molecule has 0 aliphatic carbocycles. The molecule has 0 aliphatic rings. The van der Waals surface area contributed by atoms with Crippen LogP contribution in [0.15, 0.2) is 48.5 Å². The largest absolute Gasteiger partial charge is 0.298 e. The Hall–Kier alpha value is -2.22. The second kappa shape index (κ2) is 4.53. The van der Waals surface area contributed by atoms with Crippen LogP contribution in [-0.4, -0.2) is 12.6 Å². The predicted molar refractivity (Wildman–Crippen MR) is 62.7 cm³/mol. The highest BCUT2D eigenvalue weighted by Crippen LogP contribution is 2.20. The molecular formula is C14H10O2. The van der Waals surface area contributed by atoms with Crippen molar-refractivity contribution >= 4 is 12.6 Å². The van der Waals surface area contributed by atoms with Gasteiger partial charge in [-0.15, -0.1) is 0 Å². The van der Waals surface area contributed by atoms with E-state index in [4.69, 9.17) is 0 Å². The molecule has 16 heavy (non-hydrogen) atoms. The summed E-state index contributed by atoms with van der Waals surface area (Å²) in [5.74, 6) is 0. The Morgan fingerprint density at radius 3 is 2.00 bits per heavy atom. The zero-order chi connectivity index (χ0) is 11.4. The topological polar surface area (TPSA) is 34.1 Å². The lowest BCUT2D eigenvalue weighted by molar-refractivity contribution is 0.109. The second-order valence-electron chi connectivity index (χ2n) is 3.45. The van der Waals surface area contributed by atoms with Crippen molar-refractivity contribution in [3.05, 3.63) is 59.7 Å². The highest BCUT2D eigenvalue weighted by atomic mass is 16.1. The van der Waals surface area contributed by atoms with E-state index < -0.39 is 0 Å². The van der Waals surface area contributed by atoms with E-state index in [1.807, 2.05) is 36.4 Å². The first-order chi connectivity index (χ1) is 7.85. The van der Waals surface area contributed by atoms with E-state index in [-0.39, 0.29) is 0 Å². The van der Waals surface area contributed by atoms with E-state index >= 15 is 0 Å². The standard InChI is InChI=1S/C14H10O2/c15-9-13-7-6-12(8-14(13)10-16)11-4-2-1-3-5-11/h1-10H. The third-order valence-corrected chi connectivity index (χ3v) is 2.45. The van der Waals surface area contributed by atoms with E-state index in [1.165, 1.54) is 0 Å². The summed E-state index contributed by atoms with van der Waals surface area (Å²) in [4.78, 5) is 21.5. The Morgan fingerprint density at radius 1 is 0.688 bits per heavy atom. The van der Waals surface area contributed by atoms with Crippen LogP contribution in [0.1, 0.15) is 20.7 Å². The van der Waals surface area contributed by atoms with Crippen LogP contribution in [0.3, 0.4) is 0 Å². The van der Waals surface area contributed by atoms with Gasteiger partial charge in [0.05, 0.1) is 0 Å². The summed E-state index contributed by atoms with van der Waals surface area (Å²) in [6.45, 7) is 0. The first-order valence-corrected chi connectivity index (χ1v) is 4.95. The van der Waals surface area contributed by atoms with Crippen LogP contribution in [0.5, 0.6) is 0 Å². The zero-order valence-electron chi connectivity index (χ0n) is 8.59. The van der Waals surface area contributed by atoms with Crippen LogP contribution < -0.4 is 0 Å². The molecule has 0 saturated carbocycles. The Kier molecular flexibility index (Phi) is 2.92. The van der Waals surface area contributed by atoms with Crippen molar-refractivity contribution in [1.82, 2.24) is 0 Å². The maximum absolute atomic E-state index is 10.8. The van der Waals surface area contributed by atoms with Gasteiger partial charge in [-0.2, -0.15) is 0 Å². The van der Waals surface area contributed by atoms with Crippen molar-refractivity contribution in [1.29, 1.82) is 0 Å². The summed E-state index contributed by atoms with van der Waals surface area (Å²) in [5, 5.41) is 0. The number of rotatable bonds is 3. The molecular weight excluding hydrogens is 200 g/mol. The summed E-state index contributed by atoms with van der Waals surface area (Å²) in [7, 11) is 0. The number of hydrogen-bond acceptors (Lipinski definition) is 2. The molecule has 0 aliphatic heterocycles. The Morgan fingerprint density at radius 2 is 1.38 bits per heavy atom. The quantitative estimate of drug-likeness (QED) is 0.730. The summed E-state index contributed by atoms with van der Waals surface area (Å²) >= 11 is 0. The van der Waals surface area contributed by atoms with Gasteiger partial charge in [0.2, 0.25) is 0 Å². The SMILES string of the molecule is O=Cc1ccc(-c2ccccc2)cc1C=O. The van der Waals surface area contributed by atoms with Crippen molar-refractivity contribution in [3.8, 4) is 11.1 Å². The number of carbonyl (C=O) groups is 2. The number of aldehydes is 2. The van der Waals surface area contributed by atoms with Gasteiger partial charge in [0.15, 0.2) is 12.6 Å². The Bertz CT molecular complexity index is 516. The number of carbonyl (C=O) groups excluding carboxylic acids is 2. The molecule has 78 valence electrons. The van der Waals surface area contributed by atoms with E-state index in [2.05, 4.69) is 0 Å². The molecule has 0 amide bonds. The maximum Gasteiger partial charge on any atom is 0.150 e. The smallest absolute Gasteiger partial charge is 0.150 e. The lowest BCUT2D eigenvalue weighted by Gasteiger charge is -2.03. The van der Waals surface area contributed by atoms with E-state index in [1.54, 1.807) is 12.1 Å². The lowest BCUT2D eigenvalue weighted by Crippen LogP contribution is -1.91. The number of benzene rings is 2. The summed E-state index contributed by atoms with van der Waals surface area (Å²) < 4.78 is 0. The van der Waals surface area contributed by atoms with Crippen LogP contribution in [0, 0.1) is 0 Å². The molecule has 0 spiro atoms. The molecule has 0 unspecified atom stereocenters. The van der Waals surface area contributed by atoms with Gasteiger partial charge in [-0.25, -0.2) is 0 Å². The average Bonchev–Trinajstić information content (AvgIpc) is 2.39. The van der Waals surface area contributed by atoms with Gasteiger partial charge in [0.25, 0.3) is 0 Å². The highest BCUT2D eigenvalue weighted by Gasteiger charge is 2.03. The molecule has 2 aromatic rings. The molecule has 2 heteroatoms. The molecule has 0 atom stereocenters. The van der Waals surface area contributed by atoms with Crippen molar-refractivity contribution in [2.45, 2.75) is 0 Å². The molecule has 2 aromatic carbocycles. The van der Waals surface area contributed by atoms with Crippen molar-refractivity contribution in [3.63, 3.8) is 0 Å². The highest BCUT2D eigenvalue weighted by molar-refractivity contribution is 5.92. The van der Waals surface area contributed by atoms with E-state index in [0.29, 0.717) is 23.7 Å².